The Morgan fingerprint density at radius 3 is 2.30 bits per heavy atom. The third kappa shape index (κ3) is 7.20. The monoisotopic (exact) mass is 413 g/mol. The number of benzene rings is 1. The second-order valence-electron chi connectivity index (χ2n) is 8.10. The number of nitrogens with one attached hydrogen (secondary N) is 1. The number of carbonyl (C=O) groups is 1. The quantitative estimate of drug-likeness (QED) is 0.771. The SMILES string of the molecule is CC.Cc1nnc2cc(OC(C)(C)C)c(NC(=O)C#CCN(C)C)cc2c1N(C)C. The van der Waals surface area contributed by atoms with Gasteiger partial charge in [0, 0.05) is 25.5 Å². The van der Waals surface area contributed by atoms with Crippen molar-refractivity contribution in [2.24, 2.45) is 0 Å². The van der Waals surface area contributed by atoms with E-state index in [0.29, 0.717) is 23.5 Å². The Kier molecular flexibility index (Phi) is 9.06. The molecule has 0 spiro atoms. The van der Waals surface area contributed by atoms with Gasteiger partial charge in [0.1, 0.15) is 11.4 Å². The van der Waals surface area contributed by atoms with Gasteiger partial charge in [-0.05, 0) is 53.8 Å². The summed E-state index contributed by atoms with van der Waals surface area (Å²) in [5, 5.41) is 12.3. The highest BCUT2D eigenvalue weighted by Crippen LogP contribution is 2.36. The van der Waals surface area contributed by atoms with E-state index in [4.69, 9.17) is 4.74 Å². The molecule has 0 aliphatic heterocycles. The van der Waals surface area contributed by atoms with Crippen molar-refractivity contribution in [2.45, 2.75) is 47.1 Å². The molecule has 7 nitrogen and oxygen atoms in total. The molecule has 30 heavy (non-hydrogen) atoms. The summed E-state index contributed by atoms with van der Waals surface area (Å²) in [5.74, 6) is 5.60. The van der Waals surface area contributed by atoms with E-state index in [1.807, 2.05) is 91.7 Å². The number of fused-ring (bicyclic) bond motifs is 1. The van der Waals surface area contributed by atoms with Gasteiger partial charge in [-0.2, -0.15) is 5.10 Å². The molecule has 7 heteroatoms. The van der Waals surface area contributed by atoms with E-state index in [9.17, 15) is 4.79 Å². The maximum absolute atomic E-state index is 12.3. The summed E-state index contributed by atoms with van der Waals surface area (Å²) < 4.78 is 6.06. The summed E-state index contributed by atoms with van der Waals surface area (Å²) in [6, 6.07) is 3.68. The lowest BCUT2D eigenvalue weighted by molar-refractivity contribution is -0.111. The summed E-state index contributed by atoms with van der Waals surface area (Å²) in [5.41, 5.74) is 2.57. The molecule has 0 fully saturated rings. The van der Waals surface area contributed by atoms with Crippen molar-refractivity contribution in [1.82, 2.24) is 15.1 Å². The van der Waals surface area contributed by atoms with Gasteiger partial charge in [0.25, 0.3) is 5.91 Å². The van der Waals surface area contributed by atoms with E-state index >= 15 is 0 Å². The van der Waals surface area contributed by atoms with E-state index in [-0.39, 0.29) is 5.91 Å². The molecule has 1 aromatic carbocycles. The molecule has 0 aliphatic carbocycles. The third-order valence-electron chi connectivity index (χ3n) is 3.71. The van der Waals surface area contributed by atoms with Crippen LogP contribution in [0.25, 0.3) is 10.9 Å². The Morgan fingerprint density at radius 2 is 1.77 bits per heavy atom. The molecule has 0 saturated carbocycles. The normalized spacial score (nSPS) is 10.6. The predicted octanol–water partition coefficient (Wildman–Crippen LogP) is 3.71. The van der Waals surface area contributed by atoms with Gasteiger partial charge in [0.15, 0.2) is 0 Å². The summed E-state index contributed by atoms with van der Waals surface area (Å²) >= 11 is 0. The number of aromatic nitrogens is 2. The first-order chi connectivity index (χ1) is 14.0. The number of nitrogens with zero attached hydrogens (tertiary/aromatic N) is 4. The summed E-state index contributed by atoms with van der Waals surface area (Å²) in [7, 11) is 7.71. The topological polar surface area (TPSA) is 70.6 Å². The zero-order chi connectivity index (χ0) is 23.1. The van der Waals surface area contributed by atoms with Crippen LogP contribution in [0, 0.1) is 18.8 Å². The number of hydrogen-bond acceptors (Lipinski definition) is 6. The van der Waals surface area contributed by atoms with Gasteiger partial charge in [-0.3, -0.25) is 9.69 Å². The highest BCUT2D eigenvalue weighted by atomic mass is 16.5. The molecule has 1 amide bonds. The number of ether oxygens (including phenoxy) is 1. The van der Waals surface area contributed by atoms with Crippen molar-refractivity contribution >= 4 is 28.2 Å². The fourth-order valence-electron chi connectivity index (χ4n) is 2.72. The van der Waals surface area contributed by atoms with Crippen LogP contribution in [0.5, 0.6) is 5.75 Å². The summed E-state index contributed by atoms with van der Waals surface area (Å²) in [6.07, 6.45) is 0. The minimum atomic E-state index is -0.438. The van der Waals surface area contributed by atoms with Crippen LogP contribution < -0.4 is 15.0 Å². The second kappa shape index (κ2) is 10.8. The molecule has 164 valence electrons. The number of rotatable bonds is 4. The number of anilines is 2. The van der Waals surface area contributed by atoms with E-state index in [1.54, 1.807) is 0 Å². The fraction of sp³-hybridized carbons (Fsp3) is 0.522. The van der Waals surface area contributed by atoms with Crippen LogP contribution in [-0.2, 0) is 4.79 Å². The van der Waals surface area contributed by atoms with Crippen LogP contribution >= 0.6 is 0 Å². The molecule has 2 aromatic rings. The van der Waals surface area contributed by atoms with Crippen LogP contribution in [0.4, 0.5) is 11.4 Å². The van der Waals surface area contributed by atoms with Crippen molar-refractivity contribution in [2.75, 3.05) is 45.0 Å². The predicted molar refractivity (Wildman–Crippen MR) is 125 cm³/mol. The van der Waals surface area contributed by atoms with Crippen molar-refractivity contribution < 1.29 is 9.53 Å². The minimum absolute atomic E-state index is 0.384. The summed E-state index contributed by atoms with van der Waals surface area (Å²) in [4.78, 5) is 16.2. The highest BCUT2D eigenvalue weighted by molar-refractivity contribution is 6.07. The first-order valence-electron chi connectivity index (χ1n) is 10.1. The van der Waals surface area contributed by atoms with Crippen molar-refractivity contribution in [3.05, 3.63) is 17.8 Å². The van der Waals surface area contributed by atoms with Gasteiger partial charge in [-0.15, -0.1) is 5.10 Å². The minimum Gasteiger partial charge on any atom is -0.486 e. The number of carbonyl (C=O) groups excluding carboxylic acids is 1. The van der Waals surface area contributed by atoms with Crippen LogP contribution in [0.1, 0.15) is 40.3 Å². The molecule has 0 unspecified atom stereocenters. The van der Waals surface area contributed by atoms with Crippen molar-refractivity contribution in [3.8, 4) is 17.6 Å². The average Bonchev–Trinajstić information content (AvgIpc) is 2.62. The second-order valence-corrected chi connectivity index (χ2v) is 8.10. The van der Waals surface area contributed by atoms with Gasteiger partial charge in [0.05, 0.1) is 29.1 Å². The lowest BCUT2D eigenvalue weighted by Crippen LogP contribution is -2.24. The molecule has 0 bridgehead atoms. The standard InChI is InChI=1S/C21H29N5O2.C2H6/c1-14-20(26(7)8)15-12-17(22-19(27)10-9-11-25(5)6)18(28-21(2,3)4)13-16(15)24-23-14;1-2/h12-13H,11H2,1-8H3,(H,22,27);1-2H3. The highest BCUT2D eigenvalue weighted by Gasteiger charge is 2.19. The maximum atomic E-state index is 12.3. The Bertz CT molecular complexity index is 934. The molecule has 0 aliphatic rings. The van der Waals surface area contributed by atoms with Crippen LogP contribution in [0.15, 0.2) is 12.1 Å². The van der Waals surface area contributed by atoms with E-state index in [0.717, 1.165) is 16.8 Å². The van der Waals surface area contributed by atoms with Gasteiger partial charge < -0.3 is 15.0 Å². The van der Waals surface area contributed by atoms with E-state index < -0.39 is 5.60 Å². The largest absolute Gasteiger partial charge is 0.486 e. The lowest BCUT2D eigenvalue weighted by atomic mass is 10.1. The molecular formula is C23H35N5O2. The Hall–Kier alpha value is -2.85. The van der Waals surface area contributed by atoms with Crippen molar-refractivity contribution in [3.63, 3.8) is 0 Å². The number of aryl methyl sites for hydroxylation is 1. The Morgan fingerprint density at radius 1 is 1.13 bits per heavy atom. The van der Waals surface area contributed by atoms with Gasteiger partial charge in [-0.1, -0.05) is 19.8 Å². The van der Waals surface area contributed by atoms with Crippen LogP contribution in [0.2, 0.25) is 0 Å². The zero-order valence-electron chi connectivity index (χ0n) is 20.0. The van der Waals surface area contributed by atoms with Gasteiger partial charge >= 0.3 is 0 Å². The molecule has 0 radical (unpaired) electrons. The molecule has 0 saturated heterocycles. The van der Waals surface area contributed by atoms with Crippen LogP contribution in [0.3, 0.4) is 0 Å². The number of amides is 1. The van der Waals surface area contributed by atoms with E-state index in [2.05, 4.69) is 27.4 Å². The molecule has 1 heterocycles. The molecular weight excluding hydrogens is 378 g/mol. The first kappa shape index (κ1) is 25.2. The zero-order valence-corrected chi connectivity index (χ0v) is 20.0. The molecule has 1 N–H and O–H groups in total. The lowest BCUT2D eigenvalue weighted by Gasteiger charge is -2.24. The first-order valence-corrected chi connectivity index (χ1v) is 10.1. The van der Waals surface area contributed by atoms with Crippen molar-refractivity contribution in [1.29, 1.82) is 0 Å². The average molecular weight is 414 g/mol. The van der Waals surface area contributed by atoms with Crippen LogP contribution in [-0.4, -0.2) is 61.3 Å². The molecule has 2 rings (SSSR count). The van der Waals surface area contributed by atoms with E-state index in [1.165, 1.54) is 0 Å². The Labute approximate surface area is 180 Å². The maximum Gasteiger partial charge on any atom is 0.300 e. The van der Waals surface area contributed by atoms with Gasteiger partial charge in [-0.25, -0.2) is 0 Å². The third-order valence-corrected chi connectivity index (χ3v) is 3.71. The van der Waals surface area contributed by atoms with Gasteiger partial charge in [0.2, 0.25) is 0 Å². The molecule has 0 atom stereocenters. The molecule has 1 aromatic heterocycles. The summed E-state index contributed by atoms with van der Waals surface area (Å²) in [6.45, 7) is 12.3. The number of hydrogen-bond donors (Lipinski definition) is 1. The smallest absolute Gasteiger partial charge is 0.300 e. The fourth-order valence-corrected chi connectivity index (χ4v) is 2.72. The Balaban J connectivity index is 0.00000218.